The van der Waals surface area contributed by atoms with E-state index in [0.29, 0.717) is 17.9 Å². The lowest BCUT2D eigenvalue weighted by Gasteiger charge is -2.34. The number of rotatable bonds is 6. The van der Waals surface area contributed by atoms with Gasteiger partial charge in [-0.15, -0.1) is 0 Å². The van der Waals surface area contributed by atoms with Crippen LogP contribution in [0.2, 0.25) is 0 Å². The van der Waals surface area contributed by atoms with Crippen molar-refractivity contribution in [2.45, 2.75) is 64.3 Å². The Hall–Kier alpha value is -1.85. The van der Waals surface area contributed by atoms with E-state index < -0.39 is 0 Å². The van der Waals surface area contributed by atoms with Crippen LogP contribution in [0.25, 0.3) is 0 Å². The van der Waals surface area contributed by atoms with E-state index in [1.54, 1.807) is 6.33 Å². The fourth-order valence-electron chi connectivity index (χ4n) is 4.23. The molecule has 0 radical (unpaired) electrons. The minimum absolute atomic E-state index is 0.371. The van der Waals surface area contributed by atoms with Crippen molar-refractivity contribution in [2.75, 3.05) is 36.4 Å². The van der Waals surface area contributed by atoms with Crippen LogP contribution in [0.4, 0.5) is 11.6 Å². The first-order valence-electron chi connectivity index (χ1n) is 10.8. The highest BCUT2D eigenvalue weighted by molar-refractivity contribution is 5.76. The van der Waals surface area contributed by atoms with Crippen LogP contribution in [-0.4, -0.2) is 53.0 Å². The third-order valence-electron chi connectivity index (χ3n) is 6.42. The Balaban J connectivity index is 1.20. The maximum Gasteiger partial charge on any atom is 0.222 e. The topological polar surface area (TPSA) is 61.4 Å². The molecule has 0 atom stereocenters. The molecule has 0 spiro atoms. The van der Waals surface area contributed by atoms with Gasteiger partial charge in [-0.25, -0.2) is 9.97 Å². The number of carbonyl (C=O) groups is 1. The van der Waals surface area contributed by atoms with Crippen molar-refractivity contribution in [1.29, 1.82) is 0 Å². The maximum atomic E-state index is 12.5. The second-order valence-corrected chi connectivity index (χ2v) is 8.71. The molecule has 1 aromatic heterocycles. The van der Waals surface area contributed by atoms with Gasteiger partial charge in [0.2, 0.25) is 5.91 Å². The normalized spacial score (nSPS) is 22.1. The van der Waals surface area contributed by atoms with Gasteiger partial charge < -0.3 is 15.1 Å². The van der Waals surface area contributed by atoms with E-state index in [1.165, 1.54) is 25.7 Å². The predicted molar refractivity (Wildman–Crippen MR) is 108 cm³/mol. The molecule has 1 N–H and O–H groups in total. The average molecular weight is 372 g/mol. The largest absolute Gasteiger partial charge is 0.367 e. The molecule has 1 saturated carbocycles. The third kappa shape index (κ3) is 5.11. The minimum atomic E-state index is 0.371. The Kier molecular flexibility index (Phi) is 5.79. The lowest BCUT2D eigenvalue weighted by Crippen LogP contribution is -2.38. The summed E-state index contributed by atoms with van der Waals surface area (Å²) in [5.41, 5.74) is 0. The zero-order valence-corrected chi connectivity index (χ0v) is 16.6. The van der Waals surface area contributed by atoms with Gasteiger partial charge in [-0.2, -0.15) is 0 Å². The molecule has 3 fully saturated rings. The summed E-state index contributed by atoms with van der Waals surface area (Å²) < 4.78 is 0. The molecular formula is C21H33N5O. The minimum Gasteiger partial charge on any atom is -0.367 e. The van der Waals surface area contributed by atoms with E-state index in [-0.39, 0.29) is 0 Å². The van der Waals surface area contributed by atoms with Crippen molar-refractivity contribution in [3.8, 4) is 0 Å². The lowest BCUT2D eigenvalue weighted by atomic mass is 9.91. The van der Waals surface area contributed by atoms with Gasteiger partial charge in [0, 0.05) is 44.7 Å². The van der Waals surface area contributed by atoms with E-state index in [4.69, 9.17) is 0 Å². The second-order valence-electron chi connectivity index (χ2n) is 8.71. The monoisotopic (exact) mass is 371 g/mol. The lowest BCUT2D eigenvalue weighted by molar-refractivity contribution is -0.132. The van der Waals surface area contributed by atoms with Crippen molar-refractivity contribution < 1.29 is 4.79 Å². The van der Waals surface area contributed by atoms with Gasteiger partial charge in [-0.1, -0.05) is 6.92 Å². The fraction of sp³-hybridized carbons (Fsp3) is 0.762. The van der Waals surface area contributed by atoms with Gasteiger partial charge in [0.1, 0.15) is 18.0 Å². The Labute approximate surface area is 162 Å². The summed E-state index contributed by atoms with van der Waals surface area (Å²) in [4.78, 5) is 25.7. The molecule has 1 aliphatic carbocycles. The number of amides is 1. The number of carbonyl (C=O) groups excluding carboxylic acids is 1. The van der Waals surface area contributed by atoms with Crippen molar-refractivity contribution in [2.24, 2.45) is 11.8 Å². The molecule has 3 heterocycles. The van der Waals surface area contributed by atoms with Crippen LogP contribution in [0.3, 0.4) is 0 Å². The zero-order valence-electron chi connectivity index (χ0n) is 16.6. The zero-order chi connectivity index (χ0) is 18.6. The van der Waals surface area contributed by atoms with Crippen LogP contribution in [0.15, 0.2) is 12.4 Å². The van der Waals surface area contributed by atoms with Crippen LogP contribution >= 0.6 is 0 Å². The van der Waals surface area contributed by atoms with Crippen LogP contribution < -0.4 is 10.2 Å². The summed E-state index contributed by atoms with van der Waals surface area (Å²) in [5, 5.41) is 3.45. The standard InChI is InChI=1S/C21H33N5O/c1-16-6-10-26(11-7-16)21(27)5-2-17-8-12-25(13-9-17)20-14-19(22-15-23-20)24-18-3-4-18/h14-18H,2-13H2,1H3,(H,22,23,24). The summed E-state index contributed by atoms with van der Waals surface area (Å²) >= 11 is 0. The quantitative estimate of drug-likeness (QED) is 0.831. The first-order chi connectivity index (χ1) is 13.2. The summed E-state index contributed by atoms with van der Waals surface area (Å²) in [7, 11) is 0. The van der Waals surface area contributed by atoms with Gasteiger partial charge in [-0.05, 0) is 56.8 Å². The molecule has 1 aromatic rings. The summed E-state index contributed by atoms with van der Waals surface area (Å²) in [6, 6.07) is 2.69. The molecule has 2 saturated heterocycles. The molecule has 27 heavy (non-hydrogen) atoms. The molecule has 2 aliphatic heterocycles. The number of likely N-dealkylation sites (tertiary alicyclic amines) is 1. The SMILES string of the molecule is CC1CCN(C(=O)CCC2CCN(c3cc(NC4CC4)ncn3)CC2)CC1. The number of piperidine rings is 2. The molecule has 0 unspecified atom stereocenters. The van der Waals surface area contributed by atoms with Crippen molar-refractivity contribution in [1.82, 2.24) is 14.9 Å². The van der Waals surface area contributed by atoms with Crippen molar-refractivity contribution >= 4 is 17.5 Å². The molecule has 0 aromatic carbocycles. The van der Waals surface area contributed by atoms with E-state index in [1.807, 2.05) is 0 Å². The summed E-state index contributed by atoms with van der Waals surface area (Å²) in [6.45, 7) is 6.27. The van der Waals surface area contributed by atoms with Crippen LogP contribution in [-0.2, 0) is 4.79 Å². The number of nitrogens with zero attached hydrogens (tertiary/aromatic N) is 4. The second kappa shape index (κ2) is 8.44. The Morgan fingerprint density at radius 3 is 2.52 bits per heavy atom. The average Bonchev–Trinajstić information content (AvgIpc) is 3.51. The first-order valence-corrected chi connectivity index (χ1v) is 10.8. The Morgan fingerprint density at radius 2 is 1.81 bits per heavy atom. The van der Waals surface area contributed by atoms with Gasteiger partial charge in [0.15, 0.2) is 0 Å². The molecule has 0 bridgehead atoms. The Bertz CT molecular complexity index is 631. The molecule has 6 nitrogen and oxygen atoms in total. The molecule has 6 heteroatoms. The number of aromatic nitrogens is 2. The highest BCUT2D eigenvalue weighted by Gasteiger charge is 2.25. The molecular weight excluding hydrogens is 338 g/mol. The van der Waals surface area contributed by atoms with E-state index >= 15 is 0 Å². The Morgan fingerprint density at radius 1 is 1.07 bits per heavy atom. The highest BCUT2D eigenvalue weighted by Crippen LogP contribution is 2.28. The van der Waals surface area contributed by atoms with Crippen molar-refractivity contribution in [3.63, 3.8) is 0 Å². The molecule has 148 valence electrons. The highest BCUT2D eigenvalue weighted by atomic mass is 16.2. The number of hydrogen-bond acceptors (Lipinski definition) is 5. The fourth-order valence-corrected chi connectivity index (χ4v) is 4.23. The van der Waals surface area contributed by atoms with Crippen LogP contribution in [0.1, 0.15) is 58.3 Å². The number of hydrogen-bond donors (Lipinski definition) is 1. The molecule has 3 aliphatic rings. The number of nitrogens with one attached hydrogen (secondary N) is 1. The summed E-state index contributed by atoms with van der Waals surface area (Å²) in [6.07, 6.45) is 10.6. The van der Waals surface area contributed by atoms with Gasteiger partial charge in [0.05, 0.1) is 0 Å². The molecule has 1 amide bonds. The van der Waals surface area contributed by atoms with E-state index in [2.05, 4.69) is 38.1 Å². The van der Waals surface area contributed by atoms with Gasteiger partial charge in [-0.3, -0.25) is 4.79 Å². The van der Waals surface area contributed by atoms with Crippen molar-refractivity contribution in [3.05, 3.63) is 12.4 Å². The summed E-state index contributed by atoms with van der Waals surface area (Å²) in [5.74, 6) is 3.80. The van der Waals surface area contributed by atoms with E-state index in [9.17, 15) is 4.79 Å². The first kappa shape index (κ1) is 18.5. The third-order valence-corrected chi connectivity index (χ3v) is 6.42. The maximum absolute atomic E-state index is 12.5. The van der Waals surface area contributed by atoms with Crippen LogP contribution in [0.5, 0.6) is 0 Å². The predicted octanol–water partition coefficient (Wildman–Crippen LogP) is 3.31. The number of anilines is 2. The molecule has 4 rings (SSSR count). The van der Waals surface area contributed by atoms with Gasteiger partial charge >= 0.3 is 0 Å². The smallest absolute Gasteiger partial charge is 0.222 e. The van der Waals surface area contributed by atoms with Gasteiger partial charge in [0.25, 0.3) is 0 Å². The van der Waals surface area contributed by atoms with Crippen LogP contribution in [0, 0.1) is 11.8 Å². The van der Waals surface area contributed by atoms with E-state index in [0.717, 1.165) is 69.4 Å².